The van der Waals surface area contributed by atoms with Gasteiger partial charge in [0.25, 0.3) is 0 Å². The molecule has 1 aromatic heterocycles. The number of rotatable bonds is 9. The van der Waals surface area contributed by atoms with Gasteiger partial charge in [-0.1, -0.05) is 57.2 Å². The summed E-state index contributed by atoms with van der Waals surface area (Å²) in [5.41, 5.74) is 2.41. The molecule has 0 bridgehead atoms. The van der Waals surface area contributed by atoms with Gasteiger partial charge in [-0.05, 0) is 58.7 Å². The number of hydrogen-bond acceptors (Lipinski definition) is 2. The van der Waals surface area contributed by atoms with Crippen LogP contribution in [0.5, 0.6) is 5.75 Å². The Balaban J connectivity index is 1.58. The second kappa shape index (κ2) is 9.22. The molecule has 3 rings (SSSR count). The molecule has 0 saturated heterocycles. The van der Waals surface area contributed by atoms with E-state index in [2.05, 4.69) is 48.3 Å². The lowest BCUT2D eigenvalue weighted by atomic mass is 10.0. The van der Waals surface area contributed by atoms with E-state index < -0.39 is 0 Å². The maximum atomic E-state index is 5.93. The summed E-state index contributed by atoms with van der Waals surface area (Å²) in [6, 6.07) is 17.0. The topological polar surface area (TPSA) is 22.1 Å². The van der Waals surface area contributed by atoms with Gasteiger partial charge < -0.3 is 4.74 Å². The van der Waals surface area contributed by atoms with Gasteiger partial charge in [0, 0.05) is 12.4 Å². The zero-order valence-corrected chi connectivity index (χ0v) is 15.1. The van der Waals surface area contributed by atoms with Gasteiger partial charge in [-0.15, -0.1) is 0 Å². The van der Waals surface area contributed by atoms with Crippen LogP contribution in [0.1, 0.15) is 45.4 Å². The molecule has 2 nitrogen and oxygen atoms in total. The van der Waals surface area contributed by atoms with Crippen molar-refractivity contribution >= 4 is 10.8 Å². The Morgan fingerprint density at radius 3 is 2.28 bits per heavy atom. The number of pyridine rings is 1. The van der Waals surface area contributed by atoms with Gasteiger partial charge in [0.2, 0.25) is 0 Å². The number of nitrogens with zero attached hydrogens (tertiary/aromatic N) is 1. The predicted molar refractivity (Wildman–Crippen MR) is 106 cm³/mol. The summed E-state index contributed by atoms with van der Waals surface area (Å²) in [6.07, 6.45) is 11.4. The van der Waals surface area contributed by atoms with Crippen LogP contribution in [0.2, 0.25) is 0 Å². The third-order valence-electron chi connectivity index (χ3n) is 4.59. The van der Waals surface area contributed by atoms with Crippen LogP contribution in [0, 0.1) is 0 Å². The first-order chi connectivity index (χ1) is 12.4. The molecule has 0 aliphatic rings. The largest absolute Gasteiger partial charge is 0.494 e. The van der Waals surface area contributed by atoms with Crippen LogP contribution < -0.4 is 4.74 Å². The number of benzene rings is 2. The lowest BCUT2D eigenvalue weighted by Crippen LogP contribution is -1.97. The number of ether oxygens (including phenoxy) is 1. The van der Waals surface area contributed by atoms with E-state index in [1.54, 1.807) is 0 Å². The van der Waals surface area contributed by atoms with Crippen LogP contribution in [0.15, 0.2) is 60.9 Å². The van der Waals surface area contributed by atoms with E-state index in [-0.39, 0.29) is 0 Å². The summed E-state index contributed by atoms with van der Waals surface area (Å²) in [4.78, 5) is 4.08. The maximum absolute atomic E-state index is 5.93. The molecule has 25 heavy (non-hydrogen) atoms. The maximum Gasteiger partial charge on any atom is 0.119 e. The number of fused-ring (bicyclic) bond motifs is 1. The minimum Gasteiger partial charge on any atom is -0.494 e. The third kappa shape index (κ3) is 5.06. The van der Waals surface area contributed by atoms with E-state index in [0.29, 0.717) is 0 Å². The monoisotopic (exact) mass is 333 g/mol. The van der Waals surface area contributed by atoms with Crippen molar-refractivity contribution in [1.82, 2.24) is 4.98 Å². The number of aromatic nitrogens is 1. The normalized spacial score (nSPS) is 10.9. The molecular formula is C23H27NO. The summed E-state index contributed by atoms with van der Waals surface area (Å²) in [6.45, 7) is 3.07. The fraction of sp³-hybridized carbons (Fsp3) is 0.348. The Kier molecular flexibility index (Phi) is 6.44. The first-order valence-electron chi connectivity index (χ1n) is 9.44. The minimum absolute atomic E-state index is 0.812. The molecule has 3 aromatic rings. The summed E-state index contributed by atoms with van der Waals surface area (Å²) in [5, 5.41) is 2.46. The lowest BCUT2D eigenvalue weighted by molar-refractivity contribution is 0.305. The van der Waals surface area contributed by atoms with Gasteiger partial charge in [0.1, 0.15) is 5.75 Å². The van der Waals surface area contributed by atoms with Gasteiger partial charge >= 0.3 is 0 Å². The number of hydrogen-bond donors (Lipinski definition) is 0. The SMILES string of the molecule is CCCCCCCCOc1ccc2cc(-c3ccncc3)ccc2c1. The predicted octanol–water partition coefficient (Wildman–Crippen LogP) is 6.64. The quantitative estimate of drug-likeness (QED) is 0.409. The Labute approximate surface area is 150 Å². The van der Waals surface area contributed by atoms with Gasteiger partial charge in [-0.3, -0.25) is 4.98 Å². The molecule has 0 radical (unpaired) electrons. The lowest BCUT2D eigenvalue weighted by Gasteiger charge is -2.09. The summed E-state index contributed by atoms with van der Waals surface area (Å²) < 4.78 is 5.93. The standard InChI is InChI=1S/C23H27NO/c1-2-3-4-5-6-7-16-25-23-11-10-21-17-20(8-9-22(21)18-23)19-12-14-24-15-13-19/h8-15,17-18H,2-7,16H2,1H3. The van der Waals surface area contributed by atoms with E-state index in [9.17, 15) is 0 Å². The molecule has 0 fully saturated rings. The molecule has 0 saturated carbocycles. The third-order valence-corrected chi connectivity index (χ3v) is 4.59. The van der Waals surface area contributed by atoms with Gasteiger partial charge in [-0.2, -0.15) is 0 Å². The highest BCUT2D eigenvalue weighted by Crippen LogP contribution is 2.27. The zero-order valence-electron chi connectivity index (χ0n) is 15.1. The van der Waals surface area contributed by atoms with E-state index in [0.717, 1.165) is 18.8 Å². The highest BCUT2D eigenvalue weighted by Gasteiger charge is 2.02. The van der Waals surface area contributed by atoms with E-state index >= 15 is 0 Å². The Morgan fingerprint density at radius 2 is 1.44 bits per heavy atom. The Morgan fingerprint density at radius 1 is 0.720 bits per heavy atom. The van der Waals surface area contributed by atoms with Crippen LogP contribution >= 0.6 is 0 Å². The van der Waals surface area contributed by atoms with Crippen LogP contribution in [-0.2, 0) is 0 Å². The smallest absolute Gasteiger partial charge is 0.119 e. The first kappa shape index (κ1) is 17.5. The van der Waals surface area contributed by atoms with E-state index in [1.807, 2.05) is 24.5 Å². The van der Waals surface area contributed by atoms with Gasteiger partial charge in [0.15, 0.2) is 0 Å². The molecule has 2 aromatic carbocycles. The number of unbranched alkanes of at least 4 members (excludes halogenated alkanes) is 5. The average molecular weight is 333 g/mol. The molecule has 1 heterocycles. The van der Waals surface area contributed by atoms with Crippen molar-refractivity contribution in [3.8, 4) is 16.9 Å². The Bertz CT molecular complexity index is 782. The van der Waals surface area contributed by atoms with Crippen molar-refractivity contribution in [1.29, 1.82) is 0 Å². The van der Waals surface area contributed by atoms with E-state index in [4.69, 9.17) is 4.74 Å². The van der Waals surface area contributed by atoms with Crippen molar-refractivity contribution in [2.24, 2.45) is 0 Å². The molecule has 130 valence electrons. The summed E-state index contributed by atoms with van der Waals surface area (Å²) in [7, 11) is 0. The van der Waals surface area contributed by atoms with Crippen molar-refractivity contribution in [2.45, 2.75) is 45.4 Å². The molecule has 0 spiro atoms. The van der Waals surface area contributed by atoms with Crippen molar-refractivity contribution in [3.63, 3.8) is 0 Å². The summed E-state index contributed by atoms with van der Waals surface area (Å²) >= 11 is 0. The van der Waals surface area contributed by atoms with Gasteiger partial charge in [-0.25, -0.2) is 0 Å². The molecule has 0 N–H and O–H groups in total. The van der Waals surface area contributed by atoms with Crippen LogP contribution in [0.4, 0.5) is 0 Å². The average Bonchev–Trinajstić information content (AvgIpc) is 2.67. The van der Waals surface area contributed by atoms with Crippen LogP contribution in [0.3, 0.4) is 0 Å². The molecule has 2 heteroatoms. The fourth-order valence-corrected chi connectivity index (χ4v) is 3.11. The van der Waals surface area contributed by atoms with Crippen LogP contribution in [0.25, 0.3) is 21.9 Å². The first-order valence-corrected chi connectivity index (χ1v) is 9.44. The molecule has 0 unspecified atom stereocenters. The highest BCUT2D eigenvalue weighted by molar-refractivity contribution is 5.88. The highest BCUT2D eigenvalue weighted by atomic mass is 16.5. The molecular weight excluding hydrogens is 306 g/mol. The molecule has 0 amide bonds. The van der Waals surface area contributed by atoms with Crippen LogP contribution in [-0.4, -0.2) is 11.6 Å². The van der Waals surface area contributed by atoms with Crippen molar-refractivity contribution in [2.75, 3.05) is 6.61 Å². The molecule has 0 aliphatic heterocycles. The second-order valence-electron chi connectivity index (χ2n) is 6.58. The molecule has 0 atom stereocenters. The summed E-state index contributed by atoms with van der Waals surface area (Å²) in [5.74, 6) is 0.970. The zero-order chi connectivity index (χ0) is 17.3. The van der Waals surface area contributed by atoms with Crippen molar-refractivity contribution < 1.29 is 4.74 Å². The minimum atomic E-state index is 0.812. The molecule has 0 aliphatic carbocycles. The second-order valence-corrected chi connectivity index (χ2v) is 6.58. The van der Waals surface area contributed by atoms with E-state index in [1.165, 1.54) is 54.0 Å². The van der Waals surface area contributed by atoms with Gasteiger partial charge in [0.05, 0.1) is 6.61 Å². The fourth-order valence-electron chi connectivity index (χ4n) is 3.11. The van der Waals surface area contributed by atoms with Crippen molar-refractivity contribution in [3.05, 3.63) is 60.9 Å². The Hall–Kier alpha value is -2.35.